The number of hydrogen-bond donors (Lipinski definition) is 0. The molecule has 0 radical (unpaired) electrons. The van der Waals surface area contributed by atoms with Crippen LogP contribution in [0.4, 0.5) is 14.5 Å². The van der Waals surface area contributed by atoms with Crippen molar-refractivity contribution in [2.45, 2.75) is 6.42 Å². The molecule has 9 heteroatoms. The number of anilines is 1. The van der Waals surface area contributed by atoms with Crippen LogP contribution in [0.3, 0.4) is 0 Å². The molecule has 0 N–H and O–H groups in total. The van der Waals surface area contributed by atoms with Gasteiger partial charge in [-0.3, -0.25) is 14.2 Å². The van der Waals surface area contributed by atoms with Crippen molar-refractivity contribution in [3.8, 4) is 0 Å². The molecule has 5 rings (SSSR count). The van der Waals surface area contributed by atoms with Crippen molar-refractivity contribution in [3.05, 3.63) is 47.8 Å². The lowest BCUT2D eigenvalue weighted by atomic mass is 10.1. The molecule has 1 aliphatic rings. The molecule has 0 spiro atoms. The maximum Gasteiger partial charge on any atom is 0.259 e. The number of hydrogen-bond acceptors (Lipinski definition) is 5. The summed E-state index contributed by atoms with van der Waals surface area (Å²) in [7, 11) is 5.78. The molecule has 166 valence electrons. The zero-order valence-corrected chi connectivity index (χ0v) is 18.3. The maximum absolute atomic E-state index is 14.2. The van der Waals surface area contributed by atoms with Crippen LogP contribution in [0.15, 0.2) is 30.6 Å². The van der Waals surface area contributed by atoms with Gasteiger partial charge in [0, 0.05) is 63.6 Å². The van der Waals surface area contributed by atoms with Gasteiger partial charge in [-0.2, -0.15) is 0 Å². The molecule has 1 saturated heterocycles. The highest BCUT2D eigenvalue weighted by atomic mass is 19.2. The van der Waals surface area contributed by atoms with E-state index in [0.717, 1.165) is 42.5 Å². The number of carbonyl (C=O) groups excluding carboxylic acids is 1. The zero-order chi connectivity index (χ0) is 22.6. The van der Waals surface area contributed by atoms with Crippen molar-refractivity contribution in [2.24, 2.45) is 0 Å². The lowest BCUT2D eigenvalue weighted by Gasteiger charge is -2.26. The van der Waals surface area contributed by atoms with Crippen LogP contribution in [-0.2, 0) is 0 Å². The molecule has 1 aromatic carbocycles. The molecule has 4 heterocycles. The van der Waals surface area contributed by atoms with Crippen LogP contribution in [0.2, 0.25) is 0 Å². The molecule has 1 aliphatic heterocycles. The summed E-state index contributed by atoms with van der Waals surface area (Å²) in [6.45, 7) is 2.94. The second kappa shape index (κ2) is 7.67. The van der Waals surface area contributed by atoms with Gasteiger partial charge in [-0.05, 0) is 26.1 Å². The first-order valence-corrected chi connectivity index (χ1v) is 10.6. The van der Waals surface area contributed by atoms with Gasteiger partial charge in [0.2, 0.25) is 0 Å². The topological polar surface area (TPSA) is 57.0 Å². The SMILES string of the molecule is CN1CCCN(C(=O)c2c(N(C)C)c3cnccc3n3c2nc2cc(F)c(F)cc23)CC1. The molecular weight excluding hydrogens is 414 g/mol. The molecule has 1 fully saturated rings. The van der Waals surface area contributed by atoms with Crippen molar-refractivity contribution in [2.75, 3.05) is 52.2 Å². The first kappa shape index (κ1) is 20.6. The van der Waals surface area contributed by atoms with E-state index in [1.165, 1.54) is 0 Å². The number of fused-ring (bicyclic) bond motifs is 5. The fourth-order valence-electron chi connectivity index (χ4n) is 4.56. The first-order valence-electron chi connectivity index (χ1n) is 10.6. The smallest absolute Gasteiger partial charge is 0.259 e. The highest BCUT2D eigenvalue weighted by Gasteiger charge is 2.29. The molecule has 0 atom stereocenters. The third-order valence-corrected chi connectivity index (χ3v) is 6.12. The minimum Gasteiger partial charge on any atom is -0.376 e. The number of halogens is 2. The highest BCUT2D eigenvalue weighted by Crippen LogP contribution is 2.36. The van der Waals surface area contributed by atoms with Crippen LogP contribution < -0.4 is 4.90 Å². The van der Waals surface area contributed by atoms with Gasteiger partial charge < -0.3 is 14.7 Å². The Balaban J connectivity index is 1.87. The summed E-state index contributed by atoms with van der Waals surface area (Å²) in [5, 5.41) is 0.740. The van der Waals surface area contributed by atoms with Crippen LogP contribution in [0.25, 0.3) is 27.6 Å². The van der Waals surface area contributed by atoms with Crippen molar-refractivity contribution >= 4 is 39.2 Å². The summed E-state index contributed by atoms with van der Waals surface area (Å²) < 4.78 is 29.9. The lowest BCUT2D eigenvalue weighted by Crippen LogP contribution is -2.35. The number of rotatable bonds is 2. The van der Waals surface area contributed by atoms with Gasteiger partial charge in [-0.1, -0.05) is 0 Å². The number of amides is 1. The van der Waals surface area contributed by atoms with E-state index in [0.29, 0.717) is 41.0 Å². The van der Waals surface area contributed by atoms with Crippen molar-refractivity contribution in [1.29, 1.82) is 0 Å². The summed E-state index contributed by atoms with van der Waals surface area (Å²) in [6.07, 6.45) is 4.21. The second-order valence-corrected chi connectivity index (χ2v) is 8.49. The van der Waals surface area contributed by atoms with Crippen LogP contribution in [-0.4, -0.2) is 77.4 Å². The van der Waals surface area contributed by atoms with E-state index >= 15 is 0 Å². The zero-order valence-electron chi connectivity index (χ0n) is 18.3. The van der Waals surface area contributed by atoms with Crippen molar-refractivity contribution in [1.82, 2.24) is 24.2 Å². The van der Waals surface area contributed by atoms with Gasteiger partial charge in [-0.25, -0.2) is 13.8 Å². The highest BCUT2D eigenvalue weighted by molar-refractivity contribution is 6.14. The predicted octanol–water partition coefficient (Wildman–Crippen LogP) is 3.16. The van der Waals surface area contributed by atoms with Crippen LogP contribution in [0, 0.1) is 11.6 Å². The third kappa shape index (κ3) is 3.15. The van der Waals surface area contributed by atoms with Crippen molar-refractivity contribution in [3.63, 3.8) is 0 Å². The molecule has 32 heavy (non-hydrogen) atoms. The molecule has 4 aromatic rings. The molecule has 7 nitrogen and oxygen atoms in total. The van der Waals surface area contributed by atoms with Gasteiger partial charge in [-0.15, -0.1) is 0 Å². The quantitative estimate of drug-likeness (QED) is 0.481. The lowest BCUT2D eigenvalue weighted by molar-refractivity contribution is 0.0765. The standard InChI is InChI=1S/C23H24F2N6O/c1-28(2)21-14-13-26-6-5-18(14)31-19-12-16(25)15(24)11-17(19)27-22(31)20(21)23(32)30-8-4-7-29(3)9-10-30/h5-6,11-13H,4,7-10H2,1-3H3. The number of carbonyl (C=O) groups is 1. The van der Waals surface area contributed by atoms with Gasteiger partial charge in [0.05, 0.1) is 22.2 Å². The van der Waals surface area contributed by atoms with E-state index in [4.69, 9.17) is 0 Å². The molecule has 0 bridgehead atoms. The molecule has 3 aromatic heterocycles. The van der Waals surface area contributed by atoms with Crippen molar-refractivity contribution < 1.29 is 13.6 Å². The van der Waals surface area contributed by atoms with Gasteiger partial charge in [0.1, 0.15) is 5.56 Å². The number of nitrogens with zero attached hydrogens (tertiary/aromatic N) is 6. The Morgan fingerprint density at radius 2 is 1.84 bits per heavy atom. The largest absolute Gasteiger partial charge is 0.376 e. The summed E-state index contributed by atoms with van der Waals surface area (Å²) in [4.78, 5) is 28.7. The number of imidazole rings is 1. The number of benzene rings is 1. The summed E-state index contributed by atoms with van der Waals surface area (Å²) >= 11 is 0. The van der Waals surface area contributed by atoms with E-state index in [9.17, 15) is 13.6 Å². The Morgan fingerprint density at radius 3 is 2.62 bits per heavy atom. The van der Waals surface area contributed by atoms with E-state index in [-0.39, 0.29) is 5.91 Å². The molecule has 0 aliphatic carbocycles. The van der Waals surface area contributed by atoms with E-state index in [1.807, 2.05) is 30.9 Å². The Morgan fingerprint density at radius 1 is 1.06 bits per heavy atom. The normalized spacial score (nSPS) is 15.6. The second-order valence-electron chi connectivity index (χ2n) is 8.49. The van der Waals surface area contributed by atoms with Crippen LogP contribution >= 0.6 is 0 Å². The van der Waals surface area contributed by atoms with Crippen LogP contribution in [0.1, 0.15) is 16.8 Å². The number of pyridine rings is 2. The first-order chi connectivity index (χ1) is 15.4. The van der Waals surface area contributed by atoms with Gasteiger partial charge in [0.15, 0.2) is 17.3 Å². The van der Waals surface area contributed by atoms with Crippen LogP contribution in [0.5, 0.6) is 0 Å². The molecular formula is C23H24F2N6O. The fraction of sp³-hybridized carbons (Fsp3) is 0.348. The third-order valence-electron chi connectivity index (χ3n) is 6.12. The number of likely N-dealkylation sites (N-methyl/N-ethyl adjacent to an activating group) is 1. The summed E-state index contributed by atoms with van der Waals surface area (Å²) in [6, 6.07) is 4.01. The average Bonchev–Trinajstić information content (AvgIpc) is 2.97. The van der Waals surface area contributed by atoms with Gasteiger partial charge >= 0.3 is 0 Å². The predicted molar refractivity (Wildman–Crippen MR) is 120 cm³/mol. The molecule has 0 unspecified atom stereocenters. The molecule has 1 amide bonds. The van der Waals surface area contributed by atoms with E-state index in [1.54, 1.807) is 22.9 Å². The average molecular weight is 438 g/mol. The minimum absolute atomic E-state index is 0.143. The Labute approximate surface area is 183 Å². The summed E-state index contributed by atoms with van der Waals surface area (Å²) in [5.74, 6) is -2.07. The number of aromatic nitrogens is 3. The Kier molecular flexibility index (Phi) is 4.93. The fourth-order valence-corrected chi connectivity index (χ4v) is 4.56. The Hall–Kier alpha value is -3.33. The Bertz CT molecular complexity index is 1370. The van der Waals surface area contributed by atoms with Gasteiger partial charge in [0.25, 0.3) is 5.91 Å². The monoisotopic (exact) mass is 438 g/mol. The summed E-state index contributed by atoms with van der Waals surface area (Å²) in [5.41, 5.74) is 2.92. The molecule has 0 saturated carbocycles. The van der Waals surface area contributed by atoms with E-state index in [2.05, 4.69) is 14.9 Å². The minimum atomic E-state index is -0.969. The maximum atomic E-state index is 14.2. The van der Waals surface area contributed by atoms with E-state index < -0.39 is 11.6 Å².